The molecule has 28 heavy (non-hydrogen) atoms. The number of pyridine rings is 1. The molecule has 2 N–H and O–H groups in total. The Hall–Kier alpha value is -3.47. The van der Waals surface area contributed by atoms with Gasteiger partial charge in [0.25, 0.3) is 0 Å². The molecule has 0 bridgehead atoms. The van der Waals surface area contributed by atoms with Gasteiger partial charge >= 0.3 is 0 Å². The summed E-state index contributed by atoms with van der Waals surface area (Å²) < 4.78 is 0. The van der Waals surface area contributed by atoms with Gasteiger partial charge in [0, 0.05) is 31.9 Å². The van der Waals surface area contributed by atoms with Crippen molar-refractivity contribution in [2.75, 3.05) is 6.54 Å². The SMILES string of the molecule is O=C(CCNC(=O)C(c1ccccc1)c1ccccc1)NCc1ccncc1. The lowest BCUT2D eigenvalue weighted by atomic mass is 9.90. The van der Waals surface area contributed by atoms with Crippen molar-refractivity contribution in [1.82, 2.24) is 15.6 Å². The molecule has 5 nitrogen and oxygen atoms in total. The molecule has 0 aliphatic rings. The van der Waals surface area contributed by atoms with Gasteiger partial charge in [0.2, 0.25) is 11.8 Å². The monoisotopic (exact) mass is 373 g/mol. The minimum atomic E-state index is -0.401. The van der Waals surface area contributed by atoms with Gasteiger partial charge in [-0.2, -0.15) is 0 Å². The van der Waals surface area contributed by atoms with Crippen LogP contribution in [0.5, 0.6) is 0 Å². The Balaban J connectivity index is 1.55. The van der Waals surface area contributed by atoms with Gasteiger partial charge in [-0.1, -0.05) is 60.7 Å². The van der Waals surface area contributed by atoms with Crippen molar-refractivity contribution in [2.24, 2.45) is 0 Å². The van der Waals surface area contributed by atoms with Crippen molar-refractivity contribution in [3.8, 4) is 0 Å². The molecule has 5 heteroatoms. The van der Waals surface area contributed by atoms with Crippen molar-refractivity contribution in [3.05, 3.63) is 102 Å². The molecule has 2 aromatic carbocycles. The van der Waals surface area contributed by atoms with Crippen molar-refractivity contribution < 1.29 is 9.59 Å². The van der Waals surface area contributed by atoms with Crippen LogP contribution in [0.3, 0.4) is 0 Å². The first kappa shape index (κ1) is 19.3. The highest BCUT2D eigenvalue weighted by Crippen LogP contribution is 2.24. The first-order valence-corrected chi connectivity index (χ1v) is 9.27. The third-order valence-corrected chi connectivity index (χ3v) is 4.42. The molecule has 0 unspecified atom stereocenters. The Morgan fingerprint density at radius 3 is 1.93 bits per heavy atom. The molecular weight excluding hydrogens is 350 g/mol. The summed E-state index contributed by atoms with van der Waals surface area (Å²) in [5, 5.41) is 5.75. The van der Waals surface area contributed by atoms with E-state index in [9.17, 15) is 9.59 Å². The van der Waals surface area contributed by atoms with Crippen molar-refractivity contribution in [2.45, 2.75) is 18.9 Å². The molecule has 0 saturated carbocycles. The fraction of sp³-hybridized carbons (Fsp3) is 0.174. The number of hydrogen-bond donors (Lipinski definition) is 2. The van der Waals surface area contributed by atoms with Crippen LogP contribution in [0.15, 0.2) is 85.2 Å². The zero-order valence-corrected chi connectivity index (χ0v) is 15.5. The van der Waals surface area contributed by atoms with Crippen molar-refractivity contribution in [1.29, 1.82) is 0 Å². The first-order chi connectivity index (χ1) is 13.7. The third kappa shape index (κ3) is 5.51. The zero-order valence-electron chi connectivity index (χ0n) is 15.5. The summed E-state index contributed by atoms with van der Waals surface area (Å²) in [4.78, 5) is 28.8. The van der Waals surface area contributed by atoms with E-state index in [0.717, 1.165) is 16.7 Å². The van der Waals surface area contributed by atoms with Crippen molar-refractivity contribution >= 4 is 11.8 Å². The highest BCUT2D eigenvalue weighted by molar-refractivity contribution is 5.87. The van der Waals surface area contributed by atoms with Gasteiger partial charge in [-0.3, -0.25) is 14.6 Å². The van der Waals surface area contributed by atoms with E-state index < -0.39 is 5.92 Å². The smallest absolute Gasteiger partial charge is 0.232 e. The molecule has 0 spiro atoms. The van der Waals surface area contributed by atoms with Gasteiger partial charge < -0.3 is 10.6 Å². The van der Waals surface area contributed by atoms with E-state index in [-0.39, 0.29) is 24.8 Å². The average Bonchev–Trinajstić information content (AvgIpc) is 2.75. The summed E-state index contributed by atoms with van der Waals surface area (Å²) in [5.74, 6) is -0.616. The summed E-state index contributed by atoms with van der Waals surface area (Å²) >= 11 is 0. The van der Waals surface area contributed by atoms with E-state index in [1.54, 1.807) is 12.4 Å². The Bertz CT molecular complexity index is 844. The molecule has 0 fully saturated rings. The van der Waals surface area contributed by atoms with Gasteiger partial charge in [0.05, 0.1) is 5.92 Å². The quantitative estimate of drug-likeness (QED) is 0.638. The lowest BCUT2D eigenvalue weighted by Crippen LogP contribution is -2.34. The van der Waals surface area contributed by atoms with Crippen LogP contribution in [-0.2, 0) is 16.1 Å². The number of rotatable bonds is 8. The lowest BCUT2D eigenvalue weighted by molar-refractivity contribution is -0.122. The highest BCUT2D eigenvalue weighted by atomic mass is 16.2. The second kappa shape index (κ2) is 10.0. The second-order valence-corrected chi connectivity index (χ2v) is 6.43. The number of carbonyl (C=O) groups is 2. The summed E-state index contributed by atoms with van der Waals surface area (Å²) in [7, 11) is 0. The Morgan fingerprint density at radius 1 is 0.786 bits per heavy atom. The average molecular weight is 373 g/mol. The van der Waals surface area contributed by atoms with E-state index in [4.69, 9.17) is 0 Å². The molecule has 0 aliphatic carbocycles. The number of benzene rings is 2. The van der Waals surface area contributed by atoms with E-state index in [1.165, 1.54) is 0 Å². The molecule has 0 radical (unpaired) electrons. The van der Waals surface area contributed by atoms with Crippen LogP contribution in [0, 0.1) is 0 Å². The Labute approximate surface area is 164 Å². The molecule has 1 aromatic heterocycles. The first-order valence-electron chi connectivity index (χ1n) is 9.27. The maximum atomic E-state index is 12.9. The Kier molecular flexibility index (Phi) is 6.90. The molecule has 0 aliphatic heterocycles. The molecule has 3 aromatic rings. The normalized spacial score (nSPS) is 10.5. The number of carbonyl (C=O) groups excluding carboxylic acids is 2. The maximum Gasteiger partial charge on any atom is 0.232 e. The zero-order chi connectivity index (χ0) is 19.6. The van der Waals surface area contributed by atoms with Gasteiger partial charge in [0.15, 0.2) is 0 Å². The molecule has 0 saturated heterocycles. The van der Waals surface area contributed by atoms with Gasteiger partial charge in [0.1, 0.15) is 0 Å². The summed E-state index contributed by atoms with van der Waals surface area (Å²) in [6.45, 7) is 0.739. The summed E-state index contributed by atoms with van der Waals surface area (Å²) in [6.07, 6.45) is 3.61. The van der Waals surface area contributed by atoms with E-state index in [0.29, 0.717) is 6.54 Å². The third-order valence-electron chi connectivity index (χ3n) is 4.42. The topological polar surface area (TPSA) is 71.1 Å². The lowest BCUT2D eigenvalue weighted by Gasteiger charge is -2.18. The largest absolute Gasteiger partial charge is 0.355 e. The van der Waals surface area contributed by atoms with Crippen LogP contribution in [0.2, 0.25) is 0 Å². The molecule has 2 amide bonds. The molecule has 142 valence electrons. The summed E-state index contributed by atoms with van der Waals surface area (Å²) in [6, 6.07) is 23.0. The van der Waals surface area contributed by atoms with E-state index in [2.05, 4.69) is 15.6 Å². The van der Waals surface area contributed by atoms with Crippen LogP contribution in [-0.4, -0.2) is 23.3 Å². The summed E-state index contributed by atoms with van der Waals surface area (Å²) in [5.41, 5.74) is 2.84. The molecule has 1 heterocycles. The van der Waals surface area contributed by atoms with E-state index in [1.807, 2.05) is 72.8 Å². The van der Waals surface area contributed by atoms with E-state index >= 15 is 0 Å². The fourth-order valence-corrected chi connectivity index (χ4v) is 2.98. The number of amides is 2. The van der Waals surface area contributed by atoms with Gasteiger partial charge in [-0.25, -0.2) is 0 Å². The van der Waals surface area contributed by atoms with Crippen LogP contribution in [0.4, 0.5) is 0 Å². The van der Waals surface area contributed by atoms with Crippen LogP contribution in [0.1, 0.15) is 29.0 Å². The molecular formula is C23H23N3O2. The van der Waals surface area contributed by atoms with Crippen LogP contribution < -0.4 is 10.6 Å². The Morgan fingerprint density at radius 2 is 1.36 bits per heavy atom. The number of aromatic nitrogens is 1. The number of nitrogens with zero attached hydrogens (tertiary/aromatic N) is 1. The minimum absolute atomic E-state index is 0.104. The van der Waals surface area contributed by atoms with Gasteiger partial charge in [-0.15, -0.1) is 0 Å². The maximum absolute atomic E-state index is 12.9. The second-order valence-electron chi connectivity index (χ2n) is 6.43. The van der Waals surface area contributed by atoms with Crippen LogP contribution >= 0.6 is 0 Å². The fourth-order valence-electron chi connectivity index (χ4n) is 2.98. The standard InChI is InChI=1S/C23H23N3O2/c27-21(26-17-18-11-14-24-15-12-18)13-16-25-23(28)22(19-7-3-1-4-8-19)20-9-5-2-6-10-20/h1-12,14-15,22H,13,16-17H2,(H,25,28)(H,26,27). The van der Waals surface area contributed by atoms with Gasteiger partial charge in [-0.05, 0) is 28.8 Å². The van der Waals surface area contributed by atoms with Crippen molar-refractivity contribution in [3.63, 3.8) is 0 Å². The highest BCUT2D eigenvalue weighted by Gasteiger charge is 2.22. The van der Waals surface area contributed by atoms with Crippen LogP contribution in [0.25, 0.3) is 0 Å². The number of nitrogens with one attached hydrogen (secondary N) is 2. The molecule has 0 atom stereocenters. The minimum Gasteiger partial charge on any atom is -0.355 e. The molecule has 3 rings (SSSR count). The predicted molar refractivity (Wildman–Crippen MR) is 108 cm³/mol. The number of hydrogen-bond acceptors (Lipinski definition) is 3. The predicted octanol–water partition coefficient (Wildman–Crippen LogP) is 3.04.